The molecule has 1 fully saturated rings. The first kappa shape index (κ1) is 21.0. The highest BCUT2D eigenvalue weighted by Crippen LogP contribution is 2.39. The Morgan fingerprint density at radius 3 is 2.52 bits per heavy atom. The number of benzene rings is 3. The molecule has 2 aliphatic rings. The Morgan fingerprint density at radius 1 is 1.00 bits per heavy atom. The number of amidine groups is 1. The Morgan fingerprint density at radius 2 is 1.76 bits per heavy atom. The minimum Gasteiger partial charge on any atom is -0.497 e. The van der Waals surface area contributed by atoms with E-state index in [0.29, 0.717) is 37.7 Å². The number of para-hydroxylation sites is 2. The Kier molecular flexibility index (Phi) is 5.69. The van der Waals surface area contributed by atoms with Crippen LogP contribution in [0.2, 0.25) is 0 Å². The van der Waals surface area contributed by atoms with Crippen LogP contribution in [-0.2, 0) is 11.2 Å². The normalized spacial score (nSPS) is 15.0. The van der Waals surface area contributed by atoms with E-state index in [0.717, 1.165) is 28.4 Å². The summed E-state index contributed by atoms with van der Waals surface area (Å²) in [5.41, 5.74) is 2.43. The van der Waals surface area contributed by atoms with E-state index in [1.54, 1.807) is 19.2 Å². The lowest BCUT2D eigenvalue weighted by atomic mass is 10.1. The van der Waals surface area contributed by atoms with Crippen molar-refractivity contribution in [3.05, 3.63) is 83.7 Å². The average molecular weight is 445 g/mol. The maximum absolute atomic E-state index is 13.1. The predicted molar refractivity (Wildman–Crippen MR) is 124 cm³/mol. The second-order valence-electron chi connectivity index (χ2n) is 8.04. The lowest BCUT2D eigenvalue weighted by Gasteiger charge is -2.36. The van der Waals surface area contributed by atoms with Crippen molar-refractivity contribution < 1.29 is 18.7 Å². The van der Waals surface area contributed by atoms with Crippen LogP contribution in [0.3, 0.4) is 0 Å². The third kappa shape index (κ3) is 4.39. The SMILES string of the molecule is COc1ccc2c(c1)C(N1CCN(C(=O)Cc3ccc(F)cc3)CC1)=Nc1ccccc1O2. The fourth-order valence-corrected chi connectivity index (χ4v) is 4.13. The highest BCUT2D eigenvalue weighted by atomic mass is 19.1. The fraction of sp³-hybridized carbons (Fsp3) is 0.231. The van der Waals surface area contributed by atoms with Gasteiger partial charge in [0.25, 0.3) is 0 Å². The molecule has 1 amide bonds. The molecule has 7 heteroatoms. The van der Waals surface area contributed by atoms with Crippen molar-refractivity contribution in [1.29, 1.82) is 0 Å². The largest absolute Gasteiger partial charge is 0.497 e. The number of ether oxygens (including phenoxy) is 2. The number of methoxy groups -OCH3 is 1. The number of carbonyl (C=O) groups is 1. The molecule has 0 atom stereocenters. The van der Waals surface area contributed by atoms with Gasteiger partial charge in [0.05, 0.1) is 19.1 Å². The van der Waals surface area contributed by atoms with E-state index in [9.17, 15) is 9.18 Å². The van der Waals surface area contributed by atoms with Crippen LogP contribution in [0.1, 0.15) is 11.1 Å². The molecule has 0 aliphatic carbocycles. The molecule has 168 valence electrons. The molecule has 0 saturated carbocycles. The zero-order valence-electron chi connectivity index (χ0n) is 18.3. The number of fused-ring (bicyclic) bond motifs is 2. The van der Waals surface area contributed by atoms with Crippen molar-refractivity contribution in [1.82, 2.24) is 9.80 Å². The summed E-state index contributed by atoms with van der Waals surface area (Å²) in [6, 6.07) is 19.5. The third-order valence-electron chi connectivity index (χ3n) is 5.94. The molecule has 3 aromatic carbocycles. The number of amides is 1. The van der Waals surface area contributed by atoms with Crippen LogP contribution < -0.4 is 9.47 Å². The lowest BCUT2D eigenvalue weighted by Crippen LogP contribution is -2.51. The lowest BCUT2D eigenvalue weighted by molar-refractivity contribution is -0.131. The van der Waals surface area contributed by atoms with Gasteiger partial charge < -0.3 is 19.3 Å². The smallest absolute Gasteiger partial charge is 0.227 e. The van der Waals surface area contributed by atoms with E-state index < -0.39 is 0 Å². The van der Waals surface area contributed by atoms with Gasteiger partial charge in [0, 0.05) is 26.2 Å². The van der Waals surface area contributed by atoms with Crippen molar-refractivity contribution in [2.75, 3.05) is 33.3 Å². The number of hydrogen-bond acceptors (Lipinski definition) is 5. The topological polar surface area (TPSA) is 54.4 Å². The zero-order chi connectivity index (χ0) is 22.8. The maximum atomic E-state index is 13.1. The van der Waals surface area contributed by atoms with Crippen molar-refractivity contribution in [3.8, 4) is 17.2 Å². The number of piperazine rings is 1. The van der Waals surface area contributed by atoms with Gasteiger partial charge in [-0.2, -0.15) is 0 Å². The van der Waals surface area contributed by atoms with Crippen LogP contribution >= 0.6 is 0 Å². The predicted octanol–water partition coefficient (Wildman–Crippen LogP) is 4.41. The molecule has 2 aliphatic heterocycles. The monoisotopic (exact) mass is 445 g/mol. The van der Waals surface area contributed by atoms with E-state index in [1.807, 2.05) is 47.4 Å². The van der Waals surface area contributed by atoms with Gasteiger partial charge in [0.15, 0.2) is 5.75 Å². The summed E-state index contributed by atoms with van der Waals surface area (Å²) in [6.45, 7) is 2.46. The molecule has 2 heterocycles. The van der Waals surface area contributed by atoms with Crippen LogP contribution in [0.4, 0.5) is 10.1 Å². The van der Waals surface area contributed by atoms with Crippen molar-refractivity contribution >= 4 is 17.4 Å². The summed E-state index contributed by atoms with van der Waals surface area (Å²) < 4.78 is 24.8. The van der Waals surface area contributed by atoms with Crippen LogP contribution in [0, 0.1) is 5.82 Å². The number of halogens is 1. The summed E-state index contributed by atoms with van der Waals surface area (Å²) in [4.78, 5) is 21.8. The van der Waals surface area contributed by atoms with Crippen LogP contribution in [0.15, 0.2) is 71.7 Å². The van der Waals surface area contributed by atoms with Crippen molar-refractivity contribution in [2.24, 2.45) is 4.99 Å². The van der Waals surface area contributed by atoms with Gasteiger partial charge >= 0.3 is 0 Å². The Balaban J connectivity index is 1.36. The first-order valence-electron chi connectivity index (χ1n) is 10.9. The van der Waals surface area contributed by atoms with Gasteiger partial charge in [-0.1, -0.05) is 24.3 Å². The van der Waals surface area contributed by atoms with E-state index >= 15 is 0 Å². The summed E-state index contributed by atoms with van der Waals surface area (Å²) in [5, 5.41) is 0. The first-order chi connectivity index (χ1) is 16.1. The van der Waals surface area contributed by atoms with Gasteiger partial charge in [-0.05, 0) is 48.0 Å². The molecule has 0 N–H and O–H groups in total. The number of hydrogen-bond donors (Lipinski definition) is 0. The summed E-state index contributed by atoms with van der Waals surface area (Å²) in [6.07, 6.45) is 0.266. The molecule has 0 spiro atoms. The van der Waals surface area contributed by atoms with E-state index in [2.05, 4.69) is 4.90 Å². The molecule has 0 bridgehead atoms. The molecular weight excluding hydrogens is 421 g/mol. The quantitative estimate of drug-likeness (QED) is 0.600. The number of nitrogens with zero attached hydrogens (tertiary/aromatic N) is 3. The highest BCUT2D eigenvalue weighted by Gasteiger charge is 2.28. The summed E-state index contributed by atoms with van der Waals surface area (Å²) in [5.74, 6) is 2.69. The maximum Gasteiger partial charge on any atom is 0.227 e. The van der Waals surface area contributed by atoms with Crippen molar-refractivity contribution in [2.45, 2.75) is 6.42 Å². The van der Waals surface area contributed by atoms with Gasteiger partial charge in [-0.25, -0.2) is 9.38 Å². The van der Waals surface area contributed by atoms with E-state index in [4.69, 9.17) is 14.5 Å². The number of carbonyl (C=O) groups excluding carboxylic acids is 1. The Bertz CT molecular complexity index is 1200. The number of aliphatic imine (C=N–C) groups is 1. The fourth-order valence-electron chi connectivity index (χ4n) is 4.13. The molecule has 1 saturated heterocycles. The minimum absolute atomic E-state index is 0.0415. The average Bonchev–Trinajstić information content (AvgIpc) is 3.01. The highest BCUT2D eigenvalue weighted by molar-refractivity contribution is 6.04. The second-order valence-corrected chi connectivity index (χ2v) is 8.04. The molecule has 6 nitrogen and oxygen atoms in total. The van der Waals surface area contributed by atoms with E-state index in [-0.39, 0.29) is 18.1 Å². The van der Waals surface area contributed by atoms with Crippen molar-refractivity contribution in [3.63, 3.8) is 0 Å². The molecule has 0 aromatic heterocycles. The minimum atomic E-state index is -0.300. The van der Waals surface area contributed by atoms with Crippen LogP contribution in [0.25, 0.3) is 0 Å². The van der Waals surface area contributed by atoms with Gasteiger partial charge in [0.2, 0.25) is 5.91 Å². The van der Waals surface area contributed by atoms with Gasteiger partial charge in [-0.15, -0.1) is 0 Å². The molecule has 0 unspecified atom stereocenters. The Hall–Kier alpha value is -3.87. The summed E-state index contributed by atoms with van der Waals surface area (Å²) >= 11 is 0. The Labute approximate surface area is 191 Å². The molecule has 33 heavy (non-hydrogen) atoms. The van der Waals surface area contributed by atoms with Crippen LogP contribution in [-0.4, -0.2) is 54.8 Å². The standard InChI is InChI=1S/C26H24FN3O3/c1-32-20-10-11-23-21(17-20)26(28-22-4-2-3-5-24(22)33-23)30-14-12-29(13-15-30)25(31)16-18-6-8-19(27)9-7-18/h2-11,17H,12-16H2,1H3. The van der Waals surface area contributed by atoms with Gasteiger partial charge in [0.1, 0.15) is 28.8 Å². The molecule has 3 aromatic rings. The second kappa shape index (κ2) is 8.94. The molecule has 0 radical (unpaired) electrons. The summed E-state index contributed by atoms with van der Waals surface area (Å²) in [7, 11) is 1.64. The zero-order valence-corrected chi connectivity index (χ0v) is 18.3. The first-order valence-corrected chi connectivity index (χ1v) is 10.9. The molecule has 5 rings (SSSR count). The third-order valence-corrected chi connectivity index (χ3v) is 5.94. The van der Waals surface area contributed by atoms with Crippen LogP contribution in [0.5, 0.6) is 17.2 Å². The van der Waals surface area contributed by atoms with Gasteiger partial charge in [-0.3, -0.25) is 4.79 Å². The molecular formula is C26H24FN3O3. The van der Waals surface area contributed by atoms with E-state index in [1.165, 1.54) is 12.1 Å². The number of rotatable bonds is 3.